The van der Waals surface area contributed by atoms with Gasteiger partial charge in [0.05, 0.1) is 11.9 Å². The van der Waals surface area contributed by atoms with E-state index in [2.05, 4.69) is 29.6 Å². The number of carbonyl (C=O) groups excluding carboxylic acids is 1. The van der Waals surface area contributed by atoms with Crippen LogP contribution in [0.4, 0.5) is 0 Å². The van der Waals surface area contributed by atoms with Crippen LogP contribution in [0, 0.1) is 0 Å². The zero-order valence-electron chi connectivity index (χ0n) is 15.0. The molecule has 0 saturated heterocycles. The van der Waals surface area contributed by atoms with Crippen LogP contribution in [0.1, 0.15) is 31.4 Å². The highest BCUT2D eigenvalue weighted by Gasteiger charge is 2.12. The lowest BCUT2D eigenvalue weighted by atomic mass is 10.1. The van der Waals surface area contributed by atoms with Crippen LogP contribution in [0.5, 0.6) is 5.75 Å². The number of benzene rings is 2. The Morgan fingerprint density at radius 1 is 1.08 bits per heavy atom. The molecule has 0 radical (unpaired) electrons. The number of hydrogen-bond donors (Lipinski definition) is 1. The van der Waals surface area contributed by atoms with E-state index in [-0.39, 0.29) is 11.2 Å². The van der Waals surface area contributed by atoms with Crippen molar-refractivity contribution in [3.8, 4) is 5.75 Å². The molecule has 0 heterocycles. The summed E-state index contributed by atoms with van der Waals surface area (Å²) in [5.74, 6) is 1.89. The van der Waals surface area contributed by atoms with Gasteiger partial charge in [-0.3, -0.25) is 4.79 Å². The molecule has 1 atom stereocenters. The lowest BCUT2D eigenvalue weighted by molar-refractivity contribution is -0.120. The zero-order valence-corrected chi connectivity index (χ0v) is 15.9. The fraction of sp³-hybridized carbons (Fsp3) is 0.381. The molecule has 0 fully saturated rings. The summed E-state index contributed by atoms with van der Waals surface area (Å²) in [5, 5.41) is 3.00. The highest BCUT2D eigenvalue weighted by Crippen LogP contribution is 2.17. The van der Waals surface area contributed by atoms with E-state index >= 15 is 0 Å². The molecule has 25 heavy (non-hydrogen) atoms. The Morgan fingerprint density at radius 2 is 1.80 bits per heavy atom. The van der Waals surface area contributed by atoms with Gasteiger partial charge in [-0.15, -0.1) is 11.8 Å². The monoisotopic (exact) mass is 357 g/mol. The summed E-state index contributed by atoms with van der Waals surface area (Å²) < 4.78 is 5.44. The molecular formula is C21H27NO2S. The lowest BCUT2D eigenvalue weighted by Gasteiger charge is -2.12. The molecule has 0 spiro atoms. The summed E-state index contributed by atoms with van der Waals surface area (Å²) in [6, 6.07) is 18.4. The van der Waals surface area contributed by atoms with Crippen molar-refractivity contribution in [1.82, 2.24) is 5.32 Å². The molecule has 0 aromatic heterocycles. The van der Waals surface area contributed by atoms with Crippen LogP contribution in [0.25, 0.3) is 0 Å². The van der Waals surface area contributed by atoms with E-state index in [0.717, 1.165) is 24.3 Å². The van der Waals surface area contributed by atoms with Gasteiger partial charge in [-0.1, -0.05) is 42.5 Å². The van der Waals surface area contributed by atoms with Gasteiger partial charge < -0.3 is 10.1 Å². The van der Waals surface area contributed by atoms with Crippen molar-refractivity contribution in [3.05, 3.63) is 65.7 Å². The van der Waals surface area contributed by atoms with Crippen LogP contribution in [0.2, 0.25) is 0 Å². The highest BCUT2D eigenvalue weighted by atomic mass is 32.2. The molecule has 2 aromatic rings. The maximum absolute atomic E-state index is 12.1. The van der Waals surface area contributed by atoms with Crippen molar-refractivity contribution in [2.24, 2.45) is 0 Å². The molecule has 1 N–H and O–H groups in total. The molecule has 3 nitrogen and oxygen atoms in total. The first kappa shape index (κ1) is 19.4. The Balaban J connectivity index is 1.62. The summed E-state index contributed by atoms with van der Waals surface area (Å²) in [6.45, 7) is 5.35. The first-order valence-electron chi connectivity index (χ1n) is 8.84. The van der Waals surface area contributed by atoms with E-state index < -0.39 is 0 Å². The summed E-state index contributed by atoms with van der Waals surface area (Å²) in [4.78, 5) is 12.1. The number of amides is 1. The van der Waals surface area contributed by atoms with E-state index in [1.165, 1.54) is 11.1 Å². The molecule has 1 amide bonds. The molecular weight excluding hydrogens is 330 g/mol. The Kier molecular flexibility index (Phi) is 8.40. The normalized spacial score (nSPS) is 11.8. The van der Waals surface area contributed by atoms with Crippen molar-refractivity contribution >= 4 is 17.7 Å². The molecule has 1 unspecified atom stereocenters. The number of hydrogen-bond acceptors (Lipinski definition) is 3. The Labute approximate surface area is 155 Å². The average Bonchev–Trinajstić information content (AvgIpc) is 2.65. The van der Waals surface area contributed by atoms with Crippen LogP contribution >= 0.6 is 11.8 Å². The van der Waals surface area contributed by atoms with Gasteiger partial charge in [0, 0.05) is 12.3 Å². The summed E-state index contributed by atoms with van der Waals surface area (Å²) >= 11 is 1.67. The van der Waals surface area contributed by atoms with Crippen LogP contribution in [0.15, 0.2) is 54.6 Å². The first-order valence-corrected chi connectivity index (χ1v) is 9.89. The minimum Gasteiger partial charge on any atom is -0.494 e. The summed E-state index contributed by atoms with van der Waals surface area (Å²) in [6.07, 6.45) is 1.90. The molecule has 0 bridgehead atoms. The number of ether oxygens (including phenoxy) is 1. The first-order chi connectivity index (χ1) is 12.2. The number of aryl methyl sites for hydroxylation is 1. The molecule has 0 aliphatic carbocycles. The predicted octanol–water partition coefficient (Wildman–Crippen LogP) is 4.46. The van der Waals surface area contributed by atoms with Crippen molar-refractivity contribution in [1.29, 1.82) is 0 Å². The van der Waals surface area contributed by atoms with Gasteiger partial charge in [0.25, 0.3) is 0 Å². The quantitative estimate of drug-likeness (QED) is 0.638. The van der Waals surface area contributed by atoms with Gasteiger partial charge in [0.15, 0.2) is 0 Å². The molecule has 134 valence electrons. The van der Waals surface area contributed by atoms with Crippen LogP contribution < -0.4 is 10.1 Å². The van der Waals surface area contributed by atoms with Gasteiger partial charge in [-0.2, -0.15) is 0 Å². The maximum Gasteiger partial charge on any atom is 0.232 e. The van der Waals surface area contributed by atoms with Gasteiger partial charge >= 0.3 is 0 Å². The Morgan fingerprint density at radius 3 is 2.48 bits per heavy atom. The molecule has 0 aliphatic heterocycles. The van der Waals surface area contributed by atoms with Gasteiger partial charge in [0.1, 0.15) is 5.75 Å². The van der Waals surface area contributed by atoms with Crippen LogP contribution in [0.3, 0.4) is 0 Å². The van der Waals surface area contributed by atoms with Crippen LogP contribution in [-0.2, 0) is 17.0 Å². The largest absolute Gasteiger partial charge is 0.494 e. The minimum atomic E-state index is -0.0364. The van der Waals surface area contributed by atoms with Crippen molar-refractivity contribution in [2.75, 3.05) is 13.2 Å². The standard InChI is InChI=1S/C21H27NO2S/c1-3-24-20-13-11-18(12-14-20)10-7-15-22-21(23)17(2)25-16-19-8-5-4-6-9-19/h4-6,8-9,11-14,17H,3,7,10,15-16H2,1-2H3,(H,22,23). The predicted molar refractivity (Wildman–Crippen MR) is 106 cm³/mol. The summed E-state index contributed by atoms with van der Waals surface area (Å²) in [5.41, 5.74) is 2.52. The molecule has 4 heteroatoms. The van der Waals surface area contributed by atoms with Gasteiger partial charge in [0.2, 0.25) is 5.91 Å². The maximum atomic E-state index is 12.1. The SMILES string of the molecule is CCOc1ccc(CCCNC(=O)C(C)SCc2ccccc2)cc1. The van der Waals surface area contributed by atoms with E-state index in [0.29, 0.717) is 13.2 Å². The van der Waals surface area contributed by atoms with Crippen LogP contribution in [-0.4, -0.2) is 24.3 Å². The molecule has 0 aliphatic rings. The highest BCUT2D eigenvalue weighted by molar-refractivity contribution is 7.99. The van der Waals surface area contributed by atoms with E-state index in [1.54, 1.807) is 11.8 Å². The topological polar surface area (TPSA) is 38.3 Å². The zero-order chi connectivity index (χ0) is 17.9. The Hall–Kier alpha value is -1.94. The molecule has 0 saturated carbocycles. The average molecular weight is 358 g/mol. The molecule has 2 aromatic carbocycles. The number of carbonyl (C=O) groups is 1. The fourth-order valence-corrected chi connectivity index (χ4v) is 3.31. The third-order valence-corrected chi connectivity index (χ3v) is 5.10. The second-order valence-electron chi connectivity index (χ2n) is 5.91. The fourth-order valence-electron chi connectivity index (χ4n) is 2.44. The van der Waals surface area contributed by atoms with E-state index in [1.807, 2.05) is 44.2 Å². The summed E-state index contributed by atoms with van der Waals surface area (Å²) in [7, 11) is 0. The van der Waals surface area contributed by atoms with Gasteiger partial charge in [-0.05, 0) is 49.9 Å². The number of rotatable bonds is 10. The van der Waals surface area contributed by atoms with E-state index in [4.69, 9.17) is 4.74 Å². The molecule has 2 rings (SSSR count). The third kappa shape index (κ3) is 7.22. The smallest absolute Gasteiger partial charge is 0.232 e. The van der Waals surface area contributed by atoms with Crippen molar-refractivity contribution in [2.45, 2.75) is 37.7 Å². The Bertz CT molecular complexity index is 628. The second kappa shape index (κ2) is 10.8. The number of thioether (sulfide) groups is 1. The second-order valence-corrected chi connectivity index (χ2v) is 7.24. The lowest BCUT2D eigenvalue weighted by Crippen LogP contribution is -2.31. The van der Waals surface area contributed by atoms with Crippen molar-refractivity contribution < 1.29 is 9.53 Å². The van der Waals surface area contributed by atoms with Crippen molar-refractivity contribution in [3.63, 3.8) is 0 Å². The van der Waals surface area contributed by atoms with Gasteiger partial charge in [-0.25, -0.2) is 0 Å². The third-order valence-electron chi connectivity index (χ3n) is 3.89. The van der Waals surface area contributed by atoms with E-state index in [9.17, 15) is 4.79 Å². The minimum absolute atomic E-state index is 0.0364. The number of nitrogens with one attached hydrogen (secondary N) is 1.